The molecule has 0 aliphatic carbocycles. The van der Waals surface area contributed by atoms with E-state index in [-0.39, 0.29) is 23.6 Å². The van der Waals surface area contributed by atoms with E-state index in [1.165, 1.54) is 28.6 Å². The van der Waals surface area contributed by atoms with Gasteiger partial charge in [0.2, 0.25) is 10.0 Å². The van der Waals surface area contributed by atoms with Crippen molar-refractivity contribution in [2.24, 2.45) is 0 Å². The van der Waals surface area contributed by atoms with E-state index in [0.29, 0.717) is 26.3 Å². The van der Waals surface area contributed by atoms with Crippen LogP contribution >= 0.6 is 0 Å². The number of morpholine rings is 1. The lowest BCUT2D eigenvalue weighted by molar-refractivity contribution is 0.0730. The molecule has 2 N–H and O–H groups in total. The first-order valence-corrected chi connectivity index (χ1v) is 8.07. The smallest absolute Gasteiger partial charge is 0.251 e. The van der Waals surface area contributed by atoms with Crippen LogP contribution in [0.3, 0.4) is 0 Å². The third kappa shape index (κ3) is 3.79. The van der Waals surface area contributed by atoms with Gasteiger partial charge in [0.05, 0.1) is 24.7 Å². The first kappa shape index (κ1) is 15.9. The molecule has 1 aromatic carbocycles. The van der Waals surface area contributed by atoms with Crippen LogP contribution < -0.4 is 5.32 Å². The van der Waals surface area contributed by atoms with Crippen LogP contribution in [0.25, 0.3) is 0 Å². The Bertz CT molecular complexity index is 596. The predicted octanol–water partition coefficient (Wildman–Crippen LogP) is -0.570. The molecule has 1 heterocycles. The molecule has 2 rings (SSSR count). The molecule has 8 heteroatoms. The van der Waals surface area contributed by atoms with Crippen molar-refractivity contribution < 1.29 is 23.1 Å². The molecule has 0 aromatic heterocycles. The number of sulfonamides is 1. The van der Waals surface area contributed by atoms with Crippen LogP contribution in [0.15, 0.2) is 29.2 Å². The van der Waals surface area contributed by atoms with Crippen molar-refractivity contribution in [3.8, 4) is 0 Å². The Morgan fingerprint density at radius 3 is 2.71 bits per heavy atom. The third-order valence-corrected chi connectivity index (χ3v) is 5.00. The SMILES string of the molecule is O=C(NCCO)c1cccc(S(=O)(=O)N2CCOCC2)c1. The molecule has 7 nitrogen and oxygen atoms in total. The highest BCUT2D eigenvalue weighted by Crippen LogP contribution is 2.18. The van der Waals surface area contributed by atoms with E-state index in [1.54, 1.807) is 0 Å². The van der Waals surface area contributed by atoms with E-state index in [0.717, 1.165) is 0 Å². The first-order valence-electron chi connectivity index (χ1n) is 6.63. The van der Waals surface area contributed by atoms with E-state index >= 15 is 0 Å². The maximum absolute atomic E-state index is 12.5. The number of nitrogens with one attached hydrogen (secondary N) is 1. The number of carbonyl (C=O) groups excluding carboxylic acids is 1. The van der Waals surface area contributed by atoms with Gasteiger partial charge in [0.1, 0.15) is 0 Å². The average Bonchev–Trinajstić information content (AvgIpc) is 2.53. The first-order chi connectivity index (χ1) is 10.1. The van der Waals surface area contributed by atoms with Crippen molar-refractivity contribution in [1.29, 1.82) is 0 Å². The zero-order valence-electron chi connectivity index (χ0n) is 11.5. The van der Waals surface area contributed by atoms with Crippen LogP contribution in [-0.4, -0.2) is 63.2 Å². The van der Waals surface area contributed by atoms with Crippen LogP contribution in [0, 0.1) is 0 Å². The number of rotatable bonds is 5. The third-order valence-electron chi connectivity index (χ3n) is 3.10. The van der Waals surface area contributed by atoms with E-state index in [9.17, 15) is 13.2 Å². The summed E-state index contributed by atoms with van der Waals surface area (Å²) in [6.45, 7) is 1.31. The normalized spacial score (nSPS) is 16.6. The van der Waals surface area contributed by atoms with Gasteiger partial charge in [-0.1, -0.05) is 6.07 Å². The minimum Gasteiger partial charge on any atom is -0.395 e. The van der Waals surface area contributed by atoms with Crippen molar-refractivity contribution in [1.82, 2.24) is 9.62 Å². The molecule has 1 aliphatic rings. The molecule has 21 heavy (non-hydrogen) atoms. The van der Waals surface area contributed by atoms with Crippen molar-refractivity contribution in [3.63, 3.8) is 0 Å². The lowest BCUT2D eigenvalue weighted by atomic mass is 10.2. The van der Waals surface area contributed by atoms with Crippen molar-refractivity contribution >= 4 is 15.9 Å². The highest BCUT2D eigenvalue weighted by Gasteiger charge is 2.26. The lowest BCUT2D eigenvalue weighted by Gasteiger charge is -2.26. The Labute approximate surface area is 123 Å². The Balaban J connectivity index is 2.21. The Morgan fingerprint density at radius 1 is 1.33 bits per heavy atom. The van der Waals surface area contributed by atoms with E-state index < -0.39 is 15.9 Å². The van der Waals surface area contributed by atoms with Gasteiger partial charge in [-0.25, -0.2) is 8.42 Å². The molecular weight excluding hydrogens is 296 g/mol. The molecule has 0 unspecified atom stereocenters. The monoisotopic (exact) mass is 314 g/mol. The minimum absolute atomic E-state index is 0.0843. The summed E-state index contributed by atoms with van der Waals surface area (Å²) in [5.74, 6) is -0.414. The molecule has 1 saturated heterocycles. The van der Waals surface area contributed by atoms with Gasteiger partial charge in [0.15, 0.2) is 0 Å². The van der Waals surface area contributed by atoms with E-state index in [4.69, 9.17) is 9.84 Å². The minimum atomic E-state index is -3.61. The fourth-order valence-electron chi connectivity index (χ4n) is 2.01. The van der Waals surface area contributed by atoms with E-state index in [1.807, 2.05) is 0 Å². The number of hydrogen-bond acceptors (Lipinski definition) is 5. The zero-order chi connectivity index (χ0) is 15.3. The second kappa shape index (κ2) is 6.99. The fourth-order valence-corrected chi connectivity index (χ4v) is 3.46. The molecule has 0 atom stereocenters. The number of benzene rings is 1. The van der Waals surface area contributed by atoms with Crippen LogP contribution in [0.2, 0.25) is 0 Å². The van der Waals surface area contributed by atoms with Gasteiger partial charge in [0.25, 0.3) is 5.91 Å². The van der Waals surface area contributed by atoms with E-state index in [2.05, 4.69) is 5.32 Å². The highest BCUT2D eigenvalue weighted by atomic mass is 32.2. The van der Waals surface area contributed by atoms with Gasteiger partial charge < -0.3 is 15.2 Å². The second-order valence-corrected chi connectivity index (χ2v) is 6.46. The molecule has 1 amide bonds. The molecule has 1 fully saturated rings. The average molecular weight is 314 g/mol. The molecule has 0 bridgehead atoms. The number of hydrogen-bond donors (Lipinski definition) is 2. The maximum atomic E-state index is 12.5. The van der Waals surface area contributed by atoms with Gasteiger partial charge in [-0.3, -0.25) is 4.79 Å². The summed E-state index contributed by atoms with van der Waals surface area (Å²) in [5.41, 5.74) is 0.248. The fraction of sp³-hybridized carbons (Fsp3) is 0.462. The largest absolute Gasteiger partial charge is 0.395 e. The summed E-state index contributed by atoms with van der Waals surface area (Å²) in [6.07, 6.45) is 0. The quantitative estimate of drug-likeness (QED) is 0.759. The van der Waals surface area contributed by atoms with Gasteiger partial charge >= 0.3 is 0 Å². The van der Waals surface area contributed by atoms with Gasteiger partial charge in [-0.05, 0) is 18.2 Å². The Kier molecular flexibility index (Phi) is 5.29. The van der Waals surface area contributed by atoms with Gasteiger partial charge in [-0.15, -0.1) is 0 Å². The van der Waals surface area contributed by atoms with Crippen LogP contribution in [0.5, 0.6) is 0 Å². The standard InChI is InChI=1S/C13H18N2O5S/c16-7-4-14-13(17)11-2-1-3-12(10-11)21(18,19)15-5-8-20-9-6-15/h1-3,10,16H,4-9H2,(H,14,17). The zero-order valence-corrected chi connectivity index (χ0v) is 12.3. The molecule has 1 aliphatic heterocycles. The number of amides is 1. The summed E-state index contributed by atoms with van der Waals surface area (Å²) in [7, 11) is -3.61. The Morgan fingerprint density at radius 2 is 2.05 bits per heavy atom. The summed E-state index contributed by atoms with van der Waals surface area (Å²) < 4.78 is 31.4. The molecule has 116 valence electrons. The van der Waals surface area contributed by atoms with Crippen molar-refractivity contribution in [3.05, 3.63) is 29.8 Å². The second-order valence-electron chi connectivity index (χ2n) is 4.52. The maximum Gasteiger partial charge on any atom is 0.251 e. The van der Waals surface area contributed by atoms with Crippen LogP contribution in [0.1, 0.15) is 10.4 Å². The molecule has 0 spiro atoms. The van der Waals surface area contributed by atoms with Crippen LogP contribution in [0.4, 0.5) is 0 Å². The molecule has 1 aromatic rings. The predicted molar refractivity (Wildman–Crippen MR) is 75.4 cm³/mol. The number of aliphatic hydroxyl groups excluding tert-OH is 1. The Hall–Kier alpha value is -1.48. The van der Waals surface area contributed by atoms with Crippen molar-refractivity contribution in [2.45, 2.75) is 4.90 Å². The van der Waals surface area contributed by atoms with Gasteiger partial charge in [0, 0.05) is 25.2 Å². The molecule has 0 radical (unpaired) electrons. The lowest BCUT2D eigenvalue weighted by Crippen LogP contribution is -2.40. The van der Waals surface area contributed by atoms with Gasteiger partial charge in [-0.2, -0.15) is 4.31 Å². The summed E-state index contributed by atoms with van der Waals surface area (Å²) in [5, 5.41) is 11.2. The molecular formula is C13H18N2O5S. The number of carbonyl (C=O) groups is 1. The summed E-state index contributed by atoms with van der Waals surface area (Å²) in [4.78, 5) is 11.9. The number of aliphatic hydroxyl groups is 1. The van der Waals surface area contributed by atoms with Crippen LogP contribution in [-0.2, 0) is 14.8 Å². The number of ether oxygens (including phenoxy) is 1. The highest BCUT2D eigenvalue weighted by molar-refractivity contribution is 7.89. The molecule has 0 saturated carbocycles. The summed E-state index contributed by atoms with van der Waals surface area (Å²) in [6, 6.07) is 5.87. The topological polar surface area (TPSA) is 95.9 Å². The van der Waals surface area contributed by atoms with Crippen molar-refractivity contribution in [2.75, 3.05) is 39.5 Å². The number of nitrogens with zero attached hydrogens (tertiary/aromatic N) is 1. The summed E-state index contributed by atoms with van der Waals surface area (Å²) >= 11 is 0.